The van der Waals surface area contributed by atoms with E-state index in [9.17, 15) is 0 Å². The van der Waals surface area contributed by atoms with E-state index in [2.05, 4.69) is 0 Å². The SMILES string of the molecule is COC(=N)C(N)c1ccccc1.Cl.Cl. The number of benzene rings is 1. The minimum atomic E-state index is -0.448. The second kappa shape index (κ2) is 7.62. The molecule has 0 aliphatic carbocycles. The average molecular weight is 237 g/mol. The predicted molar refractivity (Wildman–Crippen MR) is 62.6 cm³/mol. The summed E-state index contributed by atoms with van der Waals surface area (Å²) < 4.78 is 4.72. The number of halogens is 2. The summed E-state index contributed by atoms with van der Waals surface area (Å²) in [6, 6.07) is 8.98. The number of hydrogen-bond donors (Lipinski definition) is 2. The Morgan fingerprint density at radius 2 is 1.79 bits per heavy atom. The van der Waals surface area contributed by atoms with Crippen LogP contribution in [-0.4, -0.2) is 13.0 Å². The van der Waals surface area contributed by atoms with Gasteiger partial charge in [0.1, 0.15) is 6.04 Å². The highest BCUT2D eigenvalue weighted by Gasteiger charge is 2.10. The van der Waals surface area contributed by atoms with E-state index in [0.717, 1.165) is 5.56 Å². The highest BCUT2D eigenvalue weighted by molar-refractivity contribution is 5.85. The molecular weight excluding hydrogens is 223 g/mol. The van der Waals surface area contributed by atoms with Crippen molar-refractivity contribution in [2.75, 3.05) is 7.11 Å². The molecule has 5 heteroatoms. The van der Waals surface area contributed by atoms with E-state index in [4.69, 9.17) is 15.9 Å². The van der Waals surface area contributed by atoms with Crippen LogP contribution >= 0.6 is 24.8 Å². The minimum Gasteiger partial charge on any atom is -0.483 e. The van der Waals surface area contributed by atoms with Crippen molar-refractivity contribution < 1.29 is 4.74 Å². The molecule has 0 fully saturated rings. The molecule has 3 nitrogen and oxygen atoms in total. The topological polar surface area (TPSA) is 59.1 Å². The first-order valence-electron chi connectivity index (χ1n) is 3.68. The lowest BCUT2D eigenvalue weighted by Gasteiger charge is -2.11. The van der Waals surface area contributed by atoms with Crippen molar-refractivity contribution in [1.29, 1.82) is 5.41 Å². The molecule has 0 aromatic heterocycles. The zero-order valence-corrected chi connectivity index (χ0v) is 9.40. The average Bonchev–Trinajstić information content (AvgIpc) is 2.17. The Hall–Kier alpha value is -0.770. The van der Waals surface area contributed by atoms with Crippen LogP contribution in [0.3, 0.4) is 0 Å². The van der Waals surface area contributed by atoms with Gasteiger partial charge in [-0.15, -0.1) is 24.8 Å². The fourth-order valence-electron chi connectivity index (χ4n) is 0.939. The van der Waals surface area contributed by atoms with Crippen molar-refractivity contribution in [2.45, 2.75) is 6.04 Å². The van der Waals surface area contributed by atoms with E-state index in [0.29, 0.717) is 0 Å². The van der Waals surface area contributed by atoms with Crippen molar-refractivity contribution in [3.63, 3.8) is 0 Å². The quantitative estimate of drug-likeness (QED) is 0.611. The number of ether oxygens (including phenoxy) is 1. The number of nitrogens with one attached hydrogen (secondary N) is 1. The molecule has 0 saturated carbocycles. The van der Waals surface area contributed by atoms with Crippen LogP contribution < -0.4 is 5.73 Å². The Morgan fingerprint density at radius 1 is 1.29 bits per heavy atom. The van der Waals surface area contributed by atoms with Gasteiger partial charge in [0.05, 0.1) is 7.11 Å². The van der Waals surface area contributed by atoms with E-state index >= 15 is 0 Å². The summed E-state index contributed by atoms with van der Waals surface area (Å²) in [7, 11) is 1.45. The van der Waals surface area contributed by atoms with Crippen molar-refractivity contribution in [2.24, 2.45) is 5.73 Å². The molecule has 1 aromatic carbocycles. The van der Waals surface area contributed by atoms with Crippen LogP contribution in [0.5, 0.6) is 0 Å². The van der Waals surface area contributed by atoms with Gasteiger partial charge in [-0.3, -0.25) is 5.41 Å². The predicted octanol–water partition coefficient (Wildman–Crippen LogP) is 2.15. The van der Waals surface area contributed by atoms with E-state index in [-0.39, 0.29) is 30.7 Å². The summed E-state index contributed by atoms with van der Waals surface area (Å²) in [5.74, 6) is 0.0844. The highest BCUT2D eigenvalue weighted by atomic mass is 35.5. The van der Waals surface area contributed by atoms with Crippen molar-refractivity contribution >= 4 is 30.7 Å². The summed E-state index contributed by atoms with van der Waals surface area (Å²) in [4.78, 5) is 0. The van der Waals surface area contributed by atoms with Gasteiger partial charge in [-0.05, 0) is 5.56 Å². The molecule has 0 aliphatic rings. The molecule has 1 rings (SSSR count). The molecule has 80 valence electrons. The normalized spacial score (nSPS) is 10.4. The Bertz CT molecular complexity index is 267. The summed E-state index contributed by atoms with van der Waals surface area (Å²) in [6.07, 6.45) is 0. The summed E-state index contributed by atoms with van der Waals surface area (Å²) in [6.45, 7) is 0. The fourth-order valence-corrected chi connectivity index (χ4v) is 0.939. The highest BCUT2D eigenvalue weighted by Crippen LogP contribution is 2.10. The van der Waals surface area contributed by atoms with E-state index in [1.807, 2.05) is 30.3 Å². The first-order valence-corrected chi connectivity index (χ1v) is 3.68. The molecule has 0 bridgehead atoms. The molecule has 0 aliphatic heterocycles. The number of methoxy groups -OCH3 is 1. The molecule has 1 unspecified atom stereocenters. The van der Waals surface area contributed by atoms with Crippen molar-refractivity contribution in [3.8, 4) is 0 Å². The summed E-state index contributed by atoms with van der Waals surface area (Å²) >= 11 is 0. The van der Waals surface area contributed by atoms with Crippen LogP contribution in [0.2, 0.25) is 0 Å². The monoisotopic (exact) mass is 236 g/mol. The lowest BCUT2D eigenvalue weighted by atomic mass is 10.1. The maximum Gasteiger partial charge on any atom is 0.202 e. The largest absolute Gasteiger partial charge is 0.483 e. The maximum absolute atomic E-state index is 7.33. The van der Waals surface area contributed by atoms with E-state index in [1.54, 1.807) is 0 Å². The molecule has 1 atom stereocenters. The zero-order chi connectivity index (χ0) is 8.97. The van der Waals surface area contributed by atoms with Gasteiger partial charge in [0.25, 0.3) is 0 Å². The van der Waals surface area contributed by atoms with Crippen LogP contribution in [0, 0.1) is 5.41 Å². The molecular formula is C9H14Cl2N2O. The van der Waals surface area contributed by atoms with E-state index in [1.165, 1.54) is 7.11 Å². The standard InChI is InChI=1S/C9H12N2O.2ClH/c1-12-9(11)8(10)7-5-3-2-4-6-7;;/h2-6,8,11H,10H2,1H3;2*1H. The Balaban J connectivity index is 0. The molecule has 0 amide bonds. The second-order valence-corrected chi connectivity index (χ2v) is 2.46. The minimum absolute atomic E-state index is 0. The van der Waals surface area contributed by atoms with Crippen molar-refractivity contribution in [3.05, 3.63) is 35.9 Å². The van der Waals surface area contributed by atoms with Gasteiger partial charge >= 0.3 is 0 Å². The van der Waals surface area contributed by atoms with Crippen LogP contribution in [0.4, 0.5) is 0 Å². The van der Waals surface area contributed by atoms with Gasteiger partial charge < -0.3 is 10.5 Å². The lowest BCUT2D eigenvalue weighted by Crippen LogP contribution is -2.21. The summed E-state index contributed by atoms with van der Waals surface area (Å²) in [5, 5.41) is 7.33. The Morgan fingerprint density at radius 3 is 2.21 bits per heavy atom. The molecule has 14 heavy (non-hydrogen) atoms. The van der Waals surface area contributed by atoms with Gasteiger partial charge in [-0.2, -0.15) is 0 Å². The van der Waals surface area contributed by atoms with Gasteiger partial charge in [0.15, 0.2) is 0 Å². The van der Waals surface area contributed by atoms with Crippen LogP contribution in [0.1, 0.15) is 11.6 Å². The molecule has 0 saturated heterocycles. The van der Waals surface area contributed by atoms with Crippen molar-refractivity contribution in [1.82, 2.24) is 0 Å². The second-order valence-electron chi connectivity index (χ2n) is 2.46. The van der Waals surface area contributed by atoms with Crippen LogP contribution in [-0.2, 0) is 4.74 Å². The number of nitrogens with two attached hydrogens (primary N) is 1. The number of rotatable bonds is 2. The molecule has 1 aromatic rings. The Kier molecular flexibility index (Phi) is 8.54. The van der Waals surface area contributed by atoms with Gasteiger partial charge in [0, 0.05) is 0 Å². The third kappa shape index (κ3) is 3.96. The zero-order valence-electron chi connectivity index (χ0n) is 7.77. The smallest absolute Gasteiger partial charge is 0.202 e. The summed E-state index contributed by atoms with van der Waals surface area (Å²) in [5.41, 5.74) is 6.59. The van der Waals surface area contributed by atoms with Crippen LogP contribution in [0.25, 0.3) is 0 Å². The molecule has 0 heterocycles. The van der Waals surface area contributed by atoms with Crippen LogP contribution in [0.15, 0.2) is 30.3 Å². The maximum atomic E-state index is 7.33. The third-order valence-corrected chi connectivity index (χ3v) is 1.66. The van der Waals surface area contributed by atoms with E-state index < -0.39 is 6.04 Å². The molecule has 3 N–H and O–H groups in total. The fraction of sp³-hybridized carbons (Fsp3) is 0.222. The Labute approximate surface area is 96.0 Å². The number of hydrogen-bond acceptors (Lipinski definition) is 3. The first-order chi connectivity index (χ1) is 5.75. The molecule has 0 spiro atoms. The lowest BCUT2D eigenvalue weighted by molar-refractivity contribution is 0.378. The van der Waals surface area contributed by atoms with Gasteiger partial charge in [0.2, 0.25) is 5.90 Å². The third-order valence-electron chi connectivity index (χ3n) is 1.66. The first kappa shape index (κ1) is 15.7. The van der Waals surface area contributed by atoms with Gasteiger partial charge in [-0.1, -0.05) is 30.3 Å². The van der Waals surface area contributed by atoms with Gasteiger partial charge in [-0.25, -0.2) is 0 Å². The molecule has 0 radical (unpaired) electrons.